The van der Waals surface area contributed by atoms with Crippen molar-refractivity contribution >= 4 is 5.91 Å². The van der Waals surface area contributed by atoms with Crippen molar-refractivity contribution in [2.24, 2.45) is 17.6 Å². The molecule has 0 heterocycles. The van der Waals surface area contributed by atoms with Gasteiger partial charge in [0.25, 0.3) is 0 Å². The molecular weight excluding hydrogens is 228 g/mol. The summed E-state index contributed by atoms with van der Waals surface area (Å²) in [7, 11) is 1.67. The highest BCUT2D eigenvalue weighted by Crippen LogP contribution is 2.30. The number of hydrogen-bond donors (Lipinski definition) is 1. The summed E-state index contributed by atoms with van der Waals surface area (Å²) < 4.78 is 5.09. The highest BCUT2D eigenvalue weighted by Gasteiger charge is 2.34. The monoisotopic (exact) mass is 256 g/mol. The van der Waals surface area contributed by atoms with Gasteiger partial charge in [0, 0.05) is 31.7 Å². The number of carbonyl (C=O) groups excluding carboxylic acids is 1. The minimum atomic E-state index is 0.0907. The maximum absolute atomic E-state index is 12.6. The van der Waals surface area contributed by atoms with Crippen LogP contribution in [0.4, 0.5) is 0 Å². The van der Waals surface area contributed by atoms with Crippen LogP contribution in [0.5, 0.6) is 0 Å². The van der Waals surface area contributed by atoms with Crippen molar-refractivity contribution in [3.05, 3.63) is 0 Å². The van der Waals surface area contributed by atoms with E-state index in [0.29, 0.717) is 19.1 Å². The van der Waals surface area contributed by atoms with Crippen LogP contribution in [0, 0.1) is 11.8 Å². The first-order valence-corrected chi connectivity index (χ1v) is 7.02. The van der Waals surface area contributed by atoms with E-state index in [1.807, 2.05) is 4.90 Å². The molecule has 106 valence electrons. The Morgan fingerprint density at radius 2 is 2.11 bits per heavy atom. The number of hydrogen-bond acceptors (Lipinski definition) is 3. The highest BCUT2D eigenvalue weighted by atomic mass is 16.5. The first-order valence-electron chi connectivity index (χ1n) is 7.02. The molecule has 1 saturated carbocycles. The summed E-state index contributed by atoms with van der Waals surface area (Å²) in [4.78, 5) is 14.5. The van der Waals surface area contributed by atoms with E-state index in [1.165, 1.54) is 0 Å². The molecule has 4 heteroatoms. The summed E-state index contributed by atoms with van der Waals surface area (Å²) in [5.74, 6) is 0.791. The van der Waals surface area contributed by atoms with Crippen molar-refractivity contribution in [3.63, 3.8) is 0 Å². The molecule has 0 aromatic carbocycles. The first-order chi connectivity index (χ1) is 8.47. The second-order valence-electron chi connectivity index (χ2n) is 5.78. The van der Waals surface area contributed by atoms with Crippen molar-refractivity contribution in [2.45, 2.75) is 52.1 Å². The predicted octanol–water partition coefficient (Wildman–Crippen LogP) is 1.63. The van der Waals surface area contributed by atoms with Crippen LogP contribution in [0.3, 0.4) is 0 Å². The van der Waals surface area contributed by atoms with Crippen molar-refractivity contribution in [2.75, 3.05) is 20.3 Å². The number of nitrogens with zero attached hydrogens (tertiary/aromatic N) is 1. The summed E-state index contributed by atoms with van der Waals surface area (Å²) in [6.45, 7) is 7.55. The van der Waals surface area contributed by atoms with E-state index < -0.39 is 0 Å². The Bertz CT molecular complexity index is 269. The minimum absolute atomic E-state index is 0.0907. The lowest BCUT2D eigenvalue weighted by atomic mass is 9.77. The Morgan fingerprint density at radius 3 is 2.67 bits per heavy atom. The number of nitrogens with two attached hydrogens (primary N) is 1. The van der Waals surface area contributed by atoms with E-state index in [2.05, 4.69) is 20.8 Å². The van der Waals surface area contributed by atoms with Crippen LogP contribution in [0.15, 0.2) is 0 Å². The van der Waals surface area contributed by atoms with Gasteiger partial charge >= 0.3 is 0 Å². The summed E-state index contributed by atoms with van der Waals surface area (Å²) in [6, 6.07) is 0.407. The zero-order valence-corrected chi connectivity index (χ0v) is 12.2. The van der Waals surface area contributed by atoms with Crippen LogP contribution >= 0.6 is 0 Å². The maximum Gasteiger partial charge on any atom is 0.226 e. The Kier molecular flexibility index (Phi) is 6.09. The number of amides is 1. The van der Waals surface area contributed by atoms with E-state index in [0.717, 1.165) is 19.3 Å². The van der Waals surface area contributed by atoms with Gasteiger partial charge in [-0.2, -0.15) is 0 Å². The van der Waals surface area contributed by atoms with Gasteiger partial charge in [0.2, 0.25) is 5.91 Å². The van der Waals surface area contributed by atoms with Crippen molar-refractivity contribution in [1.82, 2.24) is 4.90 Å². The smallest absolute Gasteiger partial charge is 0.226 e. The van der Waals surface area contributed by atoms with Gasteiger partial charge in [-0.05, 0) is 39.0 Å². The van der Waals surface area contributed by atoms with E-state index >= 15 is 0 Å². The molecule has 0 radical (unpaired) electrons. The lowest BCUT2D eigenvalue weighted by Gasteiger charge is -2.37. The van der Waals surface area contributed by atoms with Crippen molar-refractivity contribution in [1.29, 1.82) is 0 Å². The van der Waals surface area contributed by atoms with Gasteiger partial charge in [-0.25, -0.2) is 0 Å². The molecule has 0 aromatic rings. The van der Waals surface area contributed by atoms with Crippen molar-refractivity contribution in [3.8, 4) is 0 Å². The lowest BCUT2D eigenvalue weighted by molar-refractivity contribution is -0.141. The van der Waals surface area contributed by atoms with Gasteiger partial charge < -0.3 is 15.4 Å². The third-order valence-corrected chi connectivity index (χ3v) is 4.00. The molecule has 3 atom stereocenters. The molecule has 1 amide bonds. The Morgan fingerprint density at radius 1 is 1.44 bits per heavy atom. The zero-order valence-electron chi connectivity index (χ0n) is 12.2. The fourth-order valence-electron chi connectivity index (χ4n) is 2.72. The Hall–Kier alpha value is -0.610. The fraction of sp³-hybridized carbons (Fsp3) is 0.929. The molecule has 3 unspecified atom stereocenters. The lowest BCUT2D eigenvalue weighted by Crippen LogP contribution is -2.47. The average molecular weight is 256 g/mol. The second-order valence-corrected chi connectivity index (χ2v) is 5.78. The summed E-state index contributed by atoms with van der Waals surface area (Å²) >= 11 is 0. The van der Waals surface area contributed by atoms with Gasteiger partial charge in [-0.15, -0.1) is 0 Å². The van der Waals surface area contributed by atoms with E-state index in [-0.39, 0.29) is 23.9 Å². The van der Waals surface area contributed by atoms with Crippen molar-refractivity contribution < 1.29 is 9.53 Å². The van der Waals surface area contributed by atoms with Crippen LogP contribution in [0.25, 0.3) is 0 Å². The molecule has 0 aromatic heterocycles. The van der Waals surface area contributed by atoms with Gasteiger partial charge in [0.15, 0.2) is 0 Å². The zero-order chi connectivity index (χ0) is 13.7. The molecule has 1 rings (SSSR count). The van der Waals surface area contributed by atoms with Crippen LogP contribution < -0.4 is 5.73 Å². The topological polar surface area (TPSA) is 55.6 Å². The van der Waals surface area contributed by atoms with E-state index in [9.17, 15) is 4.79 Å². The molecular formula is C14H28N2O2. The van der Waals surface area contributed by atoms with Crippen LogP contribution in [0.2, 0.25) is 0 Å². The first kappa shape index (κ1) is 15.4. The molecule has 0 aliphatic heterocycles. The normalized spacial score (nSPS) is 28.4. The molecule has 0 bridgehead atoms. The second kappa shape index (κ2) is 7.10. The quantitative estimate of drug-likeness (QED) is 0.813. The number of methoxy groups -OCH3 is 1. The average Bonchev–Trinajstić information content (AvgIpc) is 2.32. The standard InChI is InChI=1S/C14H28N2O2/c1-10(2)16(7-8-18-4)14(17)13-9-12(15)6-5-11(13)3/h10-13H,5-9,15H2,1-4H3. The molecule has 1 fully saturated rings. The molecule has 2 N–H and O–H groups in total. The third kappa shape index (κ3) is 3.95. The Labute approximate surface area is 111 Å². The molecule has 1 aliphatic carbocycles. The van der Waals surface area contributed by atoms with E-state index in [1.54, 1.807) is 7.11 Å². The molecule has 0 spiro atoms. The van der Waals surface area contributed by atoms with Crippen LogP contribution in [0.1, 0.15) is 40.0 Å². The van der Waals surface area contributed by atoms with Crippen LogP contribution in [-0.4, -0.2) is 43.2 Å². The highest BCUT2D eigenvalue weighted by molar-refractivity contribution is 5.79. The van der Waals surface area contributed by atoms with Gasteiger partial charge in [-0.3, -0.25) is 4.79 Å². The molecule has 1 aliphatic rings. The maximum atomic E-state index is 12.6. The fourth-order valence-corrected chi connectivity index (χ4v) is 2.72. The predicted molar refractivity (Wildman–Crippen MR) is 73.2 cm³/mol. The number of carbonyl (C=O) groups is 1. The van der Waals surface area contributed by atoms with Gasteiger partial charge in [0.05, 0.1) is 6.61 Å². The van der Waals surface area contributed by atoms with E-state index in [4.69, 9.17) is 10.5 Å². The van der Waals surface area contributed by atoms with Gasteiger partial charge in [-0.1, -0.05) is 6.92 Å². The summed E-state index contributed by atoms with van der Waals surface area (Å²) in [5.41, 5.74) is 6.01. The van der Waals surface area contributed by atoms with Crippen LogP contribution in [-0.2, 0) is 9.53 Å². The third-order valence-electron chi connectivity index (χ3n) is 4.00. The number of rotatable bonds is 5. The molecule has 4 nitrogen and oxygen atoms in total. The molecule has 0 saturated heterocycles. The summed E-state index contributed by atoms with van der Waals surface area (Å²) in [5, 5.41) is 0. The largest absolute Gasteiger partial charge is 0.383 e. The van der Waals surface area contributed by atoms with Gasteiger partial charge in [0.1, 0.15) is 0 Å². The summed E-state index contributed by atoms with van der Waals surface area (Å²) in [6.07, 6.45) is 2.94. The minimum Gasteiger partial charge on any atom is -0.383 e. The number of ether oxygens (including phenoxy) is 1. The molecule has 18 heavy (non-hydrogen) atoms. The SMILES string of the molecule is COCCN(C(=O)C1CC(N)CCC1C)C(C)C. The Balaban J connectivity index is 2.68.